The number of hydrogen-bond donors (Lipinski definition) is 0. The van der Waals surface area contributed by atoms with Crippen LogP contribution in [-0.2, 0) is 10.3 Å². The SMILES string of the molecule is COc1ccc(C)cc1[N+]1([O-])C=CC=C(C)C1=S(=O)=O. The Morgan fingerprint density at radius 1 is 1.25 bits per heavy atom. The maximum atomic E-state index is 13.1. The van der Waals surface area contributed by atoms with Crippen molar-refractivity contribution in [3.8, 4) is 5.75 Å². The van der Waals surface area contributed by atoms with Crippen molar-refractivity contribution >= 4 is 21.0 Å². The van der Waals surface area contributed by atoms with Gasteiger partial charge in [-0.25, -0.2) is 0 Å². The number of hydrogen-bond acceptors (Lipinski definition) is 4. The van der Waals surface area contributed by atoms with Crippen molar-refractivity contribution in [2.45, 2.75) is 13.8 Å². The summed E-state index contributed by atoms with van der Waals surface area (Å²) in [5, 5.41) is 13.1. The summed E-state index contributed by atoms with van der Waals surface area (Å²) in [6.45, 7) is 3.43. The van der Waals surface area contributed by atoms with E-state index in [-0.39, 0.29) is 10.7 Å². The molecule has 1 aromatic carbocycles. The average molecular weight is 293 g/mol. The smallest absolute Gasteiger partial charge is 0.277 e. The zero-order valence-electron chi connectivity index (χ0n) is 11.5. The molecule has 0 N–H and O–H groups in total. The van der Waals surface area contributed by atoms with Crippen molar-refractivity contribution < 1.29 is 13.2 Å². The van der Waals surface area contributed by atoms with Gasteiger partial charge in [0.15, 0.2) is 11.4 Å². The van der Waals surface area contributed by atoms with Gasteiger partial charge in [0, 0.05) is 11.6 Å². The Morgan fingerprint density at radius 3 is 2.55 bits per heavy atom. The van der Waals surface area contributed by atoms with Gasteiger partial charge in [0.2, 0.25) is 0 Å². The second kappa shape index (κ2) is 5.24. The molecule has 106 valence electrons. The maximum Gasteiger partial charge on any atom is 0.277 e. The minimum Gasteiger partial charge on any atom is -0.616 e. The molecule has 0 saturated carbocycles. The quantitative estimate of drug-likeness (QED) is 0.477. The third kappa shape index (κ3) is 2.29. The third-order valence-electron chi connectivity index (χ3n) is 3.13. The van der Waals surface area contributed by atoms with Crippen LogP contribution >= 0.6 is 0 Å². The van der Waals surface area contributed by atoms with Crippen molar-refractivity contribution in [1.29, 1.82) is 0 Å². The fourth-order valence-corrected chi connectivity index (χ4v) is 2.91. The molecule has 0 radical (unpaired) electrons. The van der Waals surface area contributed by atoms with Crippen molar-refractivity contribution in [3.63, 3.8) is 0 Å². The highest BCUT2D eigenvalue weighted by molar-refractivity contribution is 7.73. The molecule has 0 saturated heterocycles. The summed E-state index contributed by atoms with van der Waals surface area (Å²) >= 11 is 0. The molecule has 0 spiro atoms. The largest absolute Gasteiger partial charge is 0.616 e. The van der Waals surface area contributed by atoms with E-state index in [4.69, 9.17) is 4.74 Å². The second-order valence-corrected chi connectivity index (χ2v) is 5.42. The van der Waals surface area contributed by atoms with Crippen molar-refractivity contribution in [3.05, 3.63) is 52.9 Å². The van der Waals surface area contributed by atoms with Gasteiger partial charge in [-0.1, -0.05) is 6.07 Å². The number of aryl methyl sites for hydroxylation is 1. The van der Waals surface area contributed by atoms with Crippen molar-refractivity contribution in [1.82, 2.24) is 4.65 Å². The number of nitrogens with zero attached hydrogens (tertiary/aromatic N) is 1. The van der Waals surface area contributed by atoms with E-state index in [0.717, 1.165) is 5.56 Å². The standard InChI is InChI=1S/C14H15NO4S/c1-10-6-7-13(19-3)12(9-10)15(16)8-4-5-11(2)14(15)20(17)18/h4-9H,1-3H3. The molecule has 1 aliphatic rings. The highest BCUT2D eigenvalue weighted by Crippen LogP contribution is 2.37. The molecule has 0 aromatic heterocycles. The number of ether oxygens (including phenoxy) is 1. The molecule has 0 bridgehead atoms. The monoisotopic (exact) mass is 293 g/mol. The molecule has 1 unspecified atom stereocenters. The summed E-state index contributed by atoms with van der Waals surface area (Å²) in [7, 11) is -1.17. The molecule has 1 aliphatic heterocycles. The molecule has 5 nitrogen and oxygen atoms in total. The molecular formula is C14H15NO4S. The van der Waals surface area contributed by atoms with E-state index in [2.05, 4.69) is 0 Å². The summed E-state index contributed by atoms with van der Waals surface area (Å²) < 4.78 is 27.0. The Labute approximate surface area is 119 Å². The van der Waals surface area contributed by atoms with E-state index in [0.29, 0.717) is 11.3 Å². The van der Waals surface area contributed by atoms with Gasteiger partial charge in [0.1, 0.15) is 6.20 Å². The molecule has 1 atom stereocenters. The van der Waals surface area contributed by atoms with E-state index < -0.39 is 14.9 Å². The molecule has 1 heterocycles. The number of rotatable bonds is 2. The van der Waals surface area contributed by atoms with E-state index in [1.807, 2.05) is 6.92 Å². The Balaban J connectivity index is 2.79. The van der Waals surface area contributed by atoms with E-state index in [1.165, 1.54) is 13.3 Å². The number of benzene rings is 1. The molecule has 0 amide bonds. The van der Waals surface area contributed by atoms with Crippen LogP contribution in [0.15, 0.2) is 42.1 Å². The van der Waals surface area contributed by atoms with E-state index in [9.17, 15) is 13.6 Å². The number of methoxy groups -OCH3 is 1. The van der Waals surface area contributed by atoms with Gasteiger partial charge in [0.25, 0.3) is 15.3 Å². The van der Waals surface area contributed by atoms with Crippen molar-refractivity contribution in [2.75, 3.05) is 7.11 Å². The minimum absolute atomic E-state index is 0.226. The topological polar surface area (TPSA) is 66.4 Å². The molecule has 1 aromatic rings. The minimum atomic E-state index is -2.62. The lowest BCUT2D eigenvalue weighted by molar-refractivity contribution is 0.409. The van der Waals surface area contributed by atoms with Crippen LogP contribution < -0.4 is 9.38 Å². The molecule has 0 fully saturated rings. The molecule has 20 heavy (non-hydrogen) atoms. The van der Waals surface area contributed by atoms with E-state index in [1.54, 1.807) is 37.3 Å². The van der Waals surface area contributed by atoms with Crippen LogP contribution in [0.2, 0.25) is 0 Å². The molecular weight excluding hydrogens is 278 g/mol. The fraction of sp³-hybridized carbons (Fsp3) is 0.214. The van der Waals surface area contributed by atoms with Gasteiger partial charge in [-0.3, -0.25) is 4.65 Å². The van der Waals surface area contributed by atoms with Gasteiger partial charge in [-0.05, 0) is 37.6 Å². The Hall–Kier alpha value is -1.89. The first kappa shape index (κ1) is 14.5. The lowest BCUT2D eigenvalue weighted by Gasteiger charge is -2.39. The zero-order chi connectivity index (χ0) is 14.9. The van der Waals surface area contributed by atoms with Crippen LogP contribution in [0.4, 0.5) is 5.69 Å². The first-order valence-electron chi connectivity index (χ1n) is 5.98. The zero-order valence-corrected chi connectivity index (χ0v) is 12.3. The summed E-state index contributed by atoms with van der Waals surface area (Å²) in [6, 6.07) is 5.11. The molecule has 6 heteroatoms. The predicted octanol–water partition coefficient (Wildman–Crippen LogP) is 2.29. The molecule has 2 rings (SSSR count). The fourth-order valence-electron chi connectivity index (χ4n) is 2.20. The van der Waals surface area contributed by atoms with Crippen LogP contribution in [0, 0.1) is 12.1 Å². The number of quaternary nitrogens is 1. The van der Waals surface area contributed by atoms with Gasteiger partial charge in [-0.2, -0.15) is 8.42 Å². The summed E-state index contributed by atoms with van der Waals surface area (Å²) in [6.07, 6.45) is 4.44. The van der Waals surface area contributed by atoms with Crippen LogP contribution in [0.1, 0.15) is 12.5 Å². The molecule has 0 aliphatic carbocycles. The van der Waals surface area contributed by atoms with Crippen LogP contribution in [-0.4, -0.2) is 20.5 Å². The van der Waals surface area contributed by atoms with Gasteiger partial charge < -0.3 is 9.94 Å². The van der Waals surface area contributed by atoms with Gasteiger partial charge >= 0.3 is 0 Å². The highest BCUT2D eigenvalue weighted by Gasteiger charge is 2.33. The lowest BCUT2D eigenvalue weighted by Crippen LogP contribution is -2.46. The average Bonchev–Trinajstić information content (AvgIpc) is 2.38. The normalized spacial score (nSPS) is 21.6. The Bertz CT molecular complexity index is 738. The maximum absolute atomic E-state index is 13.1. The summed E-state index contributed by atoms with van der Waals surface area (Å²) in [4.78, 5) is -0.226. The van der Waals surface area contributed by atoms with Gasteiger partial charge in [-0.15, -0.1) is 0 Å². The van der Waals surface area contributed by atoms with Crippen LogP contribution in [0.25, 0.3) is 0 Å². The first-order valence-corrected chi connectivity index (χ1v) is 7.06. The highest BCUT2D eigenvalue weighted by atomic mass is 32.2. The third-order valence-corrected chi connectivity index (χ3v) is 4.04. The van der Waals surface area contributed by atoms with E-state index >= 15 is 0 Å². The Kier molecular flexibility index (Phi) is 3.80. The predicted molar refractivity (Wildman–Crippen MR) is 79.7 cm³/mol. The summed E-state index contributed by atoms with van der Waals surface area (Å²) in [5.41, 5.74) is 1.51. The Morgan fingerprint density at radius 2 is 1.95 bits per heavy atom. The first-order chi connectivity index (χ1) is 9.40. The second-order valence-electron chi connectivity index (χ2n) is 4.56. The number of hydroxylamine groups is 2. The lowest BCUT2D eigenvalue weighted by atomic mass is 10.1. The van der Waals surface area contributed by atoms with Gasteiger partial charge in [0.05, 0.1) is 7.11 Å². The van der Waals surface area contributed by atoms with Crippen molar-refractivity contribution in [2.24, 2.45) is 0 Å². The number of allylic oxidation sites excluding steroid dienone is 2. The summed E-state index contributed by atoms with van der Waals surface area (Å²) in [5.74, 6) is 0.355. The van der Waals surface area contributed by atoms with Crippen LogP contribution in [0.5, 0.6) is 5.75 Å². The van der Waals surface area contributed by atoms with Crippen LogP contribution in [0.3, 0.4) is 0 Å².